The van der Waals surface area contributed by atoms with Gasteiger partial charge in [0, 0.05) is 0 Å². The van der Waals surface area contributed by atoms with E-state index in [1.807, 2.05) is 76.0 Å². The number of hydrogen-bond donors (Lipinski definition) is 0. The first-order valence-electron chi connectivity index (χ1n) is 9.73. The molecule has 0 radical (unpaired) electrons. The van der Waals surface area contributed by atoms with Crippen molar-refractivity contribution in [3.05, 3.63) is 51.0 Å². The van der Waals surface area contributed by atoms with Gasteiger partial charge in [0.25, 0.3) is 0 Å². The van der Waals surface area contributed by atoms with Crippen LogP contribution < -0.4 is 13.9 Å². The molecular weight excluding hydrogens is 542 g/mol. The van der Waals surface area contributed by atoms with Crippen LogP contribution in [-0.4, -0.2) is 91.1 Å². The van der Waals surface area contributed by atoms with E-state index < -0.39 is 5.51 Å². The van der Waals surface area contributed by atoms with Gasteiger partial charge in [-0.2, -0.15) is 0 Å². The van der Waals surface area contributed by atoms with Crippen LogP contribution in [-0.2, 0) is 0 Å². The molecule has 0 saturated carbocycles. The first kappa shape index (κ1) is 25.1. The van der Waals surface area contributed by atoms with Crippen LogP contribution >= 0.6 is 39.5 Å². The molecule has 3 aromatic rings. The summed E-state index contributed by atoms with van der Waals surface area (Å²) in [4.78, 5) is 3.43. The van der Waals surface area contributed by atoms with Crippen LogP contribution in [0.4, 0.5) is 0 Å². The average molecular weight is 570 g/mol. The molecule has 170 valence electrons. The van der Waals surface area contributed by atoms with E-state index in [-0.39, 0.29) is 0 Å². The molecular formula is C21H27N6PS3Se. The topological polar surface area (TPSA) is 46.8 Å². The van der Waals surface area contributed by atoms with Crippen molar-refractivity contribution in [3.8, 4) is 0 Å². The third-order valence-corrected chi connectivity index (χ3v) is 18.1. The molecule has 0 aliphatic carbocycles. The van der Waals surface area contributed by atoms with Gasteiger partial charge in [0.1, 0.15) is 0 Å². The zero-order chi connectivity index (χ0) is 23.3. The Balaban J connectivity index is 2.07. The molecule has 3 rings (SSSR count). The summed E-state index contributed by atoms with van der Waals surface area (Å²) in [6, 6.07) is 13.2. The normalized spacial score (nSPS) is 13.9. The second-order valence-electron chi connectivity index (χ2n) is 7.41. The van der Waals surface area contributed by atoms with Crippen molar-refractivity contribution in [2.45, 2.75) is 0 Å². The Labute approximate surface area is 209 Å². The van der Waals surface area contributed by atoms with Crippen LogP contribution in [0.15, 0.2) is 51.7 Å². The summed E-state index contributed by atoms with van der Waals surface area (Å²) in [5.41, 5.74) is -1.90. The van der Waals surface area contributed by atoms with E-state index in [2.05, 4.69) is 66.8 Å². The van der Waals surface area contributed by atoms with Crippen molar-refractivity contribution in [1.29, 1.82) is 0 Å². The van der Waals surface area contributed by atoms with Crippen LogP contribution in [0.5, 0.6) is 0 Å². The monoisotopic (exact) mass is 570 g/mol. The van der Waals surface area contributed by atoms with E-state index in [1.165, 1.54) is 13.9 Å². The molecule has 3 heterocycles. The molecule has 32 heavy (non-hydrogen) atoms. The van der Waals surface area contributed by atoms with Gasteiger partial charge in [-0.15, -0.1) is 0 Å². The van der Waals surface area contributed by atoms with Gasteiger partial charge in [-0.25, -0.2) is 0 Å². The minimum atomic E-state index is -1.90. The zero-order valence-corrected chi connectivity index (χ0v) is 24.0. The summed E-state index contributed by atoms with van der Waals surface area (Å²) in [7, 11) is 11.6. The molecule has 0 amide bonds. The van der Waals surface area contributed by atoms with Crippen LogP contribution in [0.25, 0.3) is 0 Å². The maximum absolute atomic E-state index is 4.41. The average Bonchev–Trinajstić information content (AvgIpc) is 3.49. The molecule has 11 heteroatoms. The first-order chi connectivity index (χ1) is 15.2. The maximum atomic E-state index is 4.41. The molecule has 0 spiro atoms. The van der Waals surface area contributed by atoms with Gasteiger partial charge < -0.3 is 0 Å². The van der Waals surface area contributed by atoms with Crippen molar-refractivity contribution < 1.29 is 0 Å². The Morgan fingerprint density at radius 3 is 1.12 bits per heavy atom. The van der Waals surface area contributed by atoms with Gasteiger partial charge in [-0.3, -0.25) is 0 Å². The van der Waals surface area contributed by atoms with Crippen molar-refractivity contribution in [1.82, 2.24) is 15.0 Å². The van der Waals surface area contributed by atoms with Gasteiger partial charge >= 0.3 is 211 Å². The fourth-order valence-corrected chi connectivity index (χ4v) is 14.0. The van der Waals surface area contributed by atoms with Crippen LogP contribution in [0.1, 0.15) is 14.6 Å². The van der Waals surface area contributed by atoms with Crippen LogP contribution in [0, 0.1) is 0 Å². The van der Waals surface area contributed by atoms with E-state index in [4.69, 9.17) is 0 Å². The molecule has 0 atom stereocenters. The quantitative estimate of drug-likeness (QED) is 0.172. The van der Waals surface area contributed by atoms with Gasteiger partial charge in [0.05, 0.1) is 0 Å². The molecule has 0 unspecified atom stereocenters. The number of thiophene rings is 3. The Kier molecular flexibility index (Phi) is 8.67. The molecule has 3 aromatic heterocycles. The second kappa shape index (κ2) is 11.1. The molecule has 0 fully saturated rings. The van der Waals surface area contributed by atoms with Crippen molar-refractivity contribution >= 4 is 87.1 Å². The summed E-state index contributed by atoms with van der Waals surface area (Å²) in [6.07, 6.45) is 5.77. The zero-order valence-electron chi connectivity index (χ0n) is 19.0. The fourth-order valence-electron chi connectivity index (χ4n) is 2.59. The standard InChI is InChI=1S/C21H27N6PS3Se/c1-25(2)22-13-16-7-10-19(29-16)28(32,20-11-8-17(30-20)14-23-26(3)4)21-12-9-18(31-21)15-24-27(5)6/h7-15H,1-6H3. The number of hydrogen-bond acceptors (Lipinski definition) is 9. The Hall–Kier alpha value is -1.54. The molecule has 0 saturated heterocycles. The molecule has 6 nitrogen and oxygen atoms in total. The Morgan fingerprint density at radius 1 is 0.594 bits per heavy atom. The van der Waals surface area contributed by atoms with Crippen molar-refractivity contribution in [2.24, 2.45) is 15.3 Å². The summed E-state index contributed by atoms with van der Waals surface area (Å²) >= 11 is 9.05. The molecule has 0 N–H and O–H groups in total. The second-order valence-corrected chi connectivity index (χ2v) is 17.8. The third kappa shape index (κ3) is 6.28. The van der Waals surface area contributed by atoms with E-state index in [0.717, 1.165) is 14.6 Å². The Bertz CT molecular complexity index is 1030. The van der Waals surface area contributed by atoms with Gasteiger partial charge in [0.15, 0.2) is 0 Å². The Morgan fingerprint density at radius 2 is 0.875 bits per heavy atom. The number of hydrazone groups is 3. The van der Waals surface area contributed by atoms with E-state index in [0.29, 0.717) is 0 Å². The van der Waals surface area contributed by atoms with Crippen molar-refractivity contribution in [3.63, 3.8) is 0 Å². The molecule has 0 aliphatic heterocycles. The third-order valence-electron chi connectivity index (χ3n) is 4.02. The number of rotatable bonds is 9. The first-order valence-corrected chi connectivity index (χ1v) is 16.2. The van der Waals surface area contributed by atoms with E-state index in [1.54, 1.807) is 34.0 Å². The predicted molar refractivity (Wildman–Crippen MR) is 148 cm³/mol. The number of nitrogens with zero attached hydrogens (tertiary/aromatic N) is 6. The van der Waals surface area contributed by atoms with Gasteiger partial charge in [-0.1, -0.05) is 0 Å². The minimum absolute atomic E-state index is 1.14. The summed E-state index contributed by atoms with van der Waals surface area (Å²) in [6.45, 7) is 0. The summed E-state index contributed by atoms with van der Waals surface area (Å²) in [5, 5.41) is 18.7. The van der Waals surface area contributed by atoms with Crippen molar-refractivity contribution in [2.75, 3.05) is 42.3 Å². The van der Waals surface area contributed by atoms with Gasteiger partial charge in [-0.05, 0) is 0 Å². The summed E-state index contributed by atoms with van der Waals surface area (Å²) in [5.74, 6) is 0. The summed E-state index contributed by atoms with van der Waals surface area (Å²) < 4.78 is 4.02. The van der Waals surface area contributed by atoms with E-state index in [9.17, 15) is 0 Å². The molecule has 0 bridgehead atoms. The predicted octanol–water partition coefficient (Wildman–Crippen LogP) is 2.94. The fraction of sp³-hybridized carbons (Fsp3) is 0.286. The SMILES string of the molecule is CN(C)N=Cc1ccc(P(=[Se])(c2ccc(C=NN(C)C)s2)c2ccc(C=NN(C)C)s2)s1. The molecule has 0 aliphatic rings. The molecule has 0 aromatic carbocycles. The van der Waals surface area contributed by atoms with E-state index >= 15 is 0 Å². The van der Waals surface area contributed by atoms with Crippen LogP contribution in [0.2, 0.25) is 0 Å². The van der Waals surface area contributed by atoms with Crippen LogP contribution in [0.3, 0.4) is 0 Å². The van der Waals surface area contributed by atoms with Gasteiger partial charge in [0.2, 0.25) is 0 Å².